The van der Waals surface area contributed by atoms with Gasteiger partial charge in [0.15, 0.2) is 5.96 Å². The molecule has 0 aromatic rings. The van der Waals surface area contributed by atoms with Crippen molar-refractivity contribution in [3.8, 4) is 0 Å². The van der Waals surface area contributed by atoms with Gasteiger partial charge in [0.1, 0.15) is 17.1 Å². The maximum atomic E-state index is 12.0. The Hall–Kier alpha value is -1.52. The highest BCUT2D eigenvalue weighted by Gasteiger charge is 2.53. The summed E-state index contributed by atoms with van der Waals surface area (Å²) < 4.78 is 23.8. The van der Waals surface area contributed by atoms with E-state index in [4.69, 9.17) is 11.5 Å². The predicted octanol–water partition coefficient (Wildman–Crippen LogP) is -0.435. The lowest BCUT2D eigenvalue weighted by Crippen LogP contribution is -2.59. The quantitative estimate of drug-likeness (QED) is 0.0694. The van der Waals surface area contributed by atoms with Crippen molar-refractivity contribution in [2.24, 2.45) is 16.5 Å². The second-order valence-corrected chi connectivity index (χ2v) is 9.29. The van der Waals surface area contributed by atoms with Gasteiger partial charge < -0.3 is 36.1 Å². The van der Waals surface area contributed by atoms with E-state index in [1.165, 1.54) is 0 Å². The van der Waals surface area contributed by atoms with Gasteiger partial charge in [-0.15, -0.1) is 13.2 Å². The van der Waals surface area contributed by atoms with Crippen LogP contribution >= 0.6 is 15.2 Å². The molecular weight excluding hydrogens is 402 g/mol. The number of carboxylic acids is 1. The van der Waals surface area contributed by atoms with Gasteiger partial charge in [0.2, 0.25) is 0 Å². The van der Waals surface area contributed by atoms with E-state index in [-0.39, 0.29) is 25.3 Å². The van der Waals surface area contributed by atoms with Crippen molar-refractivity contribution in [1.29, 1.82) is 0 Å². The molecule has 3 atom stereocenters. The molecule has 0 aliphatic carbocycles. The smallest absolute Gasteiger partial charge is 0.346 e. The zero-order chi connectivity index (χ0) is 21.6. The summed E-state index contributed by atoms with van der Waals surface area (Å²) in [6.07, 6.45) is 1.25. The molecule has 9 N–H and O–H groups in total. The largest absolute Gasteiger partial charge is 0.480 e. The molecule has 156 valence electrons. The van der Waals surface area contributed by atoms with Crippen molar-refractivity contribution in [2.75, 3.05) is 6.54 Å². The first-order chi connectivity index (χ1) is 12.1. The van der Waals surface area contributed by atoms with Crippen molar-refractivity contribution >= 4 is 27.1 Å². The number of aliphatic carboxylic acids is 1. The van der Waals surface area contributed by atoms with E-state index >= 15 is 0 Å². The van der Waals surface area contributed by atoms with Crippen LogP contribution in [-0.4, -0.2) is 65.2 Å². The standard InChI is InChI=1S/C13H26N4O8P2/c1-4-9(26(20,21)22)17(10(5-2)27(23,24)25)13(3,11(18)19)7-6-8-16-12(14)15/h4-5,9-10H,1-2,6-8H2,3H3,(H,18,19)(H4,14,15,16)(H2,20,21,22)(H2,23,24,25)/t9?,10?,13-/m0/s1. The van der Waals surface area contributed by atoms with Gasteiger partial charge in [0.05, 0.1) is 0 Å². The van der Waals surface area contributed by atoms with E-state index in [0.717, 1.165) is 19.1 Å². The zero-order valence-corrected chi connectivity index (χ0v) is 16.5. The second kappa shape index (κ2) is 9.61. The molecule has 0 saturated heterocycles. The molecule has 0 heterocycles. The number of nitrogens with two attached hydrogens (primary N) is 2. The van der Waals surface area contributed by atoms with Crippen LogP contribution in [0.5, 0.6) is 0 Å². The molecule has 27 heavy (non-hydrogen) atoms. The van der Waals surface area contributed by atoms with E-state index in [9.17, 15) is 38.6 Å². The minimum Gasteiger partial charge on any atom is -0.480 e. The van der Waals surface area contributed by atoms with Gasteiger partial charge in [-0.1, -0.05) is 12.2 Å². The fraction of sp³-hybridized carbons (Fsp3) is 0.538. The van der Waals surface area contributed by atoms with Crippen molar-refractivity contribution in [1.82, 2.24) is 4.90 Å². The summed E-state index contributed by atoms with van der Waals surface area (Å²) in [7, 11) is -10.1. The van der Waals surface area contributed by atoms with E-state index in [1.54, 1.807) is 0 Å². The monoisotopic (exact) mass is 428 g/mol. The van der Waals surface area contributed by atoms with E-state index in [1.807, 2.05) is 0 Å². The van der Waals surface area contributed by atoms with Crippen molar-refractivity contribution in [3.63, 3.8) is 0 Å². The molecule has 0 rings (SSSR count). The maximum Gasteiger partial charge on any atom is 0.346 e. The van der Waals surface area contributed by atoms with Crippen LogP contribution < -0.4 is 11.5 Å². The lowest BCUT2D eigenvalue weighted by Gasteiger charge is -2.45. The lowest BCUT2D eigenvalue weighted by molar-refractivity contribution is -0.151. The Labute approximate surface area is 156 Å². The molecule has 0 bridgehead atoms. The van der Waals surface area contributed by atoms with Crippen LogP contribution in [0.25, 0.3) is 0 Å². The highest BCUT2D eigenvalue weighted by molar-refractivity contribution is 7.53. The summed E-state index contributed by atoms with van der Waals surface area (Å²) in [6, 6.07) is 0. The van der Waals surface area contributed by atoms with Crippen LogP contribution in [0.3, 0.4) is 0 Å². The van der Waals surface area contributed by atoms with Gasteiger partial charge >= 0.3 is 21.2 Å². The van der Waals surface area contributed by atoms with Crippen LogP contribution in [-0.2, 0) is 13.9 Å². The number of hydrogen-bond donors (Lipinski definition) is 7. The highest BCUT2D eigenvalue weighted by atomic mass is 31.2. The maximum absolute atomic E-state index is 12.0. The molecule has 0 radical (unpaired) electrons. The first-order valence-corrected chi connectivity index (χ1v) is 10.9. The Balaban J connectivity index is 6.38. The van der Waals surface area contributed by atoms with Gasteiger partial charge in [0, 0.05) is 6.54 Å². The summed E-state index contributed by atoms with van der Waals surface area (Å²) >= 11 is 0. The molecule has 0 aliphatic heterocycles. The van der Waals surface area contributed by atoms with Gasteiger partial charge in [0.25, 0.3) is 0 Å². The van der Waals surface area contributed by atoms with Crippen LogP contribution in [0.2, 0.25) is 0 Å². The molecule has 0 amide bonds. The Kier molecular flexibility index (Phi) is 9.07. The summed E-state index contributed by atoms with van der Waals surface area (Å²) in [6.45, 7) is 7.63. The van der Waals surface area contributed by atoms with Gasteiger partial charge in [-0.2, -0.15) is 0 Å². The molecule has 12 nitrogen and oxygen atoms in total. The normalized spacial score (nSPS) is 16.8. The van der Waals surface area contributed by atoms with Gasteiger partial charge in [-0.25, -0.2) is 0 Å². The Morgan fingerprint density at radius 2 is 1.56 bits per heavy atom. The number of carboxylic acid groups (broad SMARTS) is 1. The molecule has 0 aliphatic rings. The molecule has 14 heteroatoms. The van der Waals surface area contributed by atoms with Crippen molar-refractivity contribution < 1.29 is 38.6 Å². The van der Waals surface area contributed by atoms with E-state index < -0.39 is 38.3 Å². The third-order valence-corrected chi connectivity index (χ3v) is 6.13. The zero-order valence-electron chi connectivity index (χ0n) is 14.7. The van der Waals surface area contributed by atoms with E-state index in [0.29, 0.717) is 4.90 Å². The summed E-state index contributed by atoms with van der Waals surface area (Å²) in [5.41, 5.74) is 8.26. The van der Waals surface area contributed by atoms with Crippen LogP contribution in [0.15, 0.2) is 30.3 Å². The third kappa shape index (κ3) is 6.86. The SMILES string of the molecule is C=CC(N(C(C=C)P(=O)(O)O)[C@@](C)(CCCN=C(N)N)C(=O)O)P(=O)(O)O. The second-order valence-electron chi connectivity index (χ2n) is 5.87. The third-order valence-electron chi connectivity index (χ3n) is 3.83. The summed E-state index contributed by atoms with van der Waals surface area (Å²) in [4.78, 5) is 54.6. The van der Waals surface area contributed by atoms with Crippen molar-refractivity contribution in [3.05, 3.63) is 25.3 Å². The van der Waals surface area contributed by atoms with E-state index in [2.05, 4.69) is 18.2 Å². The molecule has 2 unspecified atom stereocenters. The molecular formula is C13H26N4O8P2. The summed E-state index contributed by atoms with van der Waals surface area (Å²) in [5.74, 6) is -5.77. The molecule has 0 spiro atoms. The lowest BCUT2D eigenvalue weighted by atomic mass is 9.93. The average Bonchev–Trinajstić information content (AvgIpc) is 2.48. The van der Waals surface area contributed by atoms with Crippen LogP contribution in [0, 0.1) is 0 Å². The van der Waals surface area contributed by atoms with Crippen molar-refractivity contribution in [2.45, 2.75) is 36.9 Å². The fourth-order valence-electron chi connectivity index (χ4n) is 2.54. The predicted molar refractivity (Wildman–Crippen MR) is 99.8 cm³/mol. The number of hydrogen-bond acceptors (Lipinski definition) is 5. The summed E-state index contributed by atoms with van der Waals surface area (Å²) in [5, 5.41) is 9.73. The Morgan fingerprint density at radius 1 is 1.15 bits per heavy atom. The number of guanidine groups is 1. The Morgan fingerprint density at radius 3 is 1.81 bits per heavy atom. The number of carbonyl (C=O) groups is 1. The highest BCUT2D eigenvalue weighted by Crippen LogP contribution is 2.54. The number of aliphatic imine (C=N–C) groups is 1. The van der Waals surface area contributed by atoms with Gasteiger partial charge in [-0.05, 0) is 19.8 Å². The van der Waals surface area contributed by atoms with Crippen LogP contribution in [0.4, 0.5) is 0 Å². The Bertz CT molecular complexity index is 650. The molecule has 0 aromatic heterocycles. The average molecular weight is 428 g/mol. The van der Waals surface area contributed by atoms with Crippen LogP contribution in [0.1, 0.15) is 19.8 Å². The van der Waals surface area contributed by atoms with Gasteiger partial charge in [-0.3, -0.25) is 23.8 Å². The first-order valence-electron chi connectivity index (χ1n) is 7.55. The fourth-order valence-corrected chi connectivity index (χ4v) is 4.64. The molecule has 0 fully saturated rings. The minimum atomic E-state index is -5.07. The molecule has 0 aromatic carbocycles. The topological polar surface area (TPSA) is 220 Å². The first kappa shape index (κ1) is 25.5. The molecule has 0 saturated carbocycles. The minimum absolute atomic E-state index is 0.00236. The number of rotatable bonds is 12. The number of nitrogens with zero attached hydrogens (tertiary/aromatic N) is 2.